The number of hydrogen-bond donors (Lipinski definition) is 3. The van der Waals surface area contributed by atoms with E-state index >= 15 is 0 Å². The molecule has 1 amide bonds. The van der Waals surface area contributed by atoms with Crippen LogP contribution in [0.5, 0.6) is 0 Å². The summed E-state index contributed by atoms with van der Waals surface area (Å²) in [6.07, 6.45) is 1.66. The van der Waals surface area contributed by atoms with Gasteiger partial charge in [-0.25, -0.2) is 4.79 Å². The number of piperidine rings is 1. The molecule has 2 aliphatic rings. The first-order chi connectivity index (χ1) is 11.6. The maximum atomic E-state index is 11.7. The molecular formula is C18H26N2O4. The van der Waals surface area contributed by atoms with Gasteiger partial charge in [0, 0.05) is 18.5 Å². The van der Waals surface area contributed by atoms with Crippen molar-refractivity contribution in [2.24, 2.45) is 5.41 Å². The number of β-amino-alcohol motifs (C(OH)–C–C–N with tert-alkyl or cyclic N) is 1. The van der Waals surface area contributed by atoms with Gasteiger partial charge in [0.25, 0.3) is 0 Å². The third-order valence-corrected chi connectivity index (χ3v) is 5.16. The summed E-state index contributed by atoms with van der Waals surface area (Å²) in [5.74, 6) is 0. The number of benzene rings is 1. The van der Waals surface area contributed by atoms with Gasteiger partial charge in [-0.1, -0.05) is 30.3 Å². The Morgan fingerprint density at radius 2 is 2.00 bits per heavy atom. The smallest absolute Gasteiger partial charge is 0.407 e. The number of nitrogens with one attached hydrogen (secondary N) is 1. The molecule has 1 saturated heterocycles. The Morgan fingerprint density at radius 1 is 1.33 bits per heavy atom. The lowest BCUT2D eigenvalue weighted by atomic mass is 9.93. The first kappa shape index (κ1) is 17.2. The number of carbonyl (C=O) groups is 1. The van der Waals surface area contributed by atoms with Crippen LogP contribution in [-0.4, -0.2) is 59.6 Å². The molecule has 1 saturated carbocycles. The van der Waals surface area contributed by atoms with Crippen molar-refractivity contribution in [2.75, 3.05) is 26.2 Å². The fourth-order valence-electron chi connectivity index (χ4n) is 3.38. The highest BCUT2D eigenvalue weighted by atomic mass is 16.5. The van der Waals surface area contributed by atoms with E-state index in [-0.39, 0.29) is 24.7 Å². The second kappa shape index (κ2) is 7.51. The molecule has 1 spiro atoms. The van der Waals surface area contributed by atoms with E-state index in [4.69, 9.17) is 4.74 Å². The lowest BCUT2D eigenvalue weighted by Crippen LogP contribution is -2.44. The van der Waals surface area contributed by atoms with Gasteiger partial charge in [0.15, 0.2) is 0 Å². The number of likely N-dealkylation sites (tertiary alicyclic amines) is 1. The Bertz CT molecular complexity index is 543. The first-order valence-electron chi connectivity index (χ1n) is 8.60. The molecule has 0 radical (unpaired) electrons. The van der Waals surface area contributed by atoms with Crippen molar-refractivity contribution in [1.29, 1.82) is 0 Å². The second-order valence-electron chi connectivity index (χ2n) is 6.98. The summed E-state index contributed by atoms with van der Waals surface area (Å²) in [7, 11) is 0. The van der Waals surface area contributed by atoms with Crippen LogP contribution in [0.4, 0.5) is 4.79 Å². The molecule has 2 fully saturated rings. The fraction of sp³-hybridized carbons (Fsp3) is 0.611. The van der Waals surface area contributed by atoms with Gasteiger partial charge >= 0.3 is 6.09 Å². The Morgan fingerprint density at radius 3 is 2.62 bits per heavy atom. The quantitative estimate of drug-likeness (QED) is 0.726. The Hall–Kier alpha value is -1.63. The summed E-state index contributed by atoms with van der Waals surface area (Å²) >= 11 is 0. The molecule has 6 heteroatoms. The predicted octanol–water partition coefficient (Wildman–Crippen LogP) is 1.12. The monoisotopic (exact) mass is 334 g/mol. The molecule has 132 valence electrons. The number of alkyl carbamates (subject to hydrolysis) is 1. The standard InChI is InChI=1S/C18H26N2O4/c21-15(12-20-8-6-18(7-9-20)10-16(18)22)11-19-17(23)24-13-14-4-2-1-3-5-14/h1-5,15-16,21-22H,6-13H2,(H,19,23)/t15-,16+/m1/s1. The van der Waals surface area contributed by atoms with Crippen molar-refractivity contribution in [1.82, 2.24) is 10.2 Å². The van der Waals surface area contributed by atoms with Crippen molar-refractivity contribution in [3.63, 3.8) is 0 Å². The number of nitrogens with zero attached hydrogens (tertiary/aromatic N) is 1. The number of carbonyl (C=O) groups excluding carboxylic acids is 1. The molecule has 24 heavy (non-hydrogen) atoms. The van der Waals surface area contributed by atoms with Gasteiger partial charge in [-0.2, -0.15) is 0 Å². The summed E-state index contributed by atoms with van der Waals surface area (Å²) < 4.78 is 5.11. The molecule has 1 aromatic carbocycles. The average molecular weight is 334 g/mol. The van der Waals surface area contributed by atoms with Gasteiger partial charge in [0.05, 0.1) is 12.2 Å². The maximum Gasteiger partial charge on any atom is 0.407 e. The van der Waals surface area contributed by atoms with Crippen LogP contribution in [0.25, 0.3) is 0 Å². The highest BCUT2D eigenvalue weighted by molar-refractivity contribution is 5.67. The third-order valence-electron chi connectivity index (χ3n) is 5.16. The highest BCUT2D eigenvalue weighted by Crippen LogP contribution is 2.53. The highest BCUT2D eigenvalue weighted by Gasteiger charge is 2.54. The molecule has 1 aliphatic heterocycles. The Kier molecular flexibility index (Phi) is 5.38. The van der Waals surface area contributed by atoms with Crippen LogP contribution in [-0.2, 0) is 11.3 Å². The molecule has 1 heterocycles. The van der Waals surface area contributed by atoms with Gasteiger partial charge < -0.3 is 25.2 Å². The molecule has 0 bridgehead atoms. The van der Waals surface area contributed by atoms with Crippen LogP contribution in [0.3, 0.4) is 0 Å². The van der Waals surface area contributed by atoms with E-state index in [2.05, 4.69) is 10.2 Å². The summed E-state index contributed by atoms with van der Waals surface area (Å²) in [4.78, 5) is 13.8. The van der Waals surface area contributed by atoms with Gasteiger partial charge in [-0.05, 0) is 37.9 Å². The number of rotatable bonds is 6. The van der Waals surface area contributed by atoms with E-state index in [0.29, 0.717) is 6.54 Å². The molecule has 0 aromatic heterocycles. The minimum atomic E-state index is -0.618. The molecule has 3 rings (SSSR count). The van der Waals surface area contributed by atoms with Crippen molar-refractivity contribution < 1.29 is 19.7 Å². The van der Waals surface area contributed by atoms with Crippen molar-refractivity contribution >= 4 is 6.09 Å². The second-order valence-corrected chi connectivity index (χ2v) is 6.98. The maximum absolute atomic E-state index is 11.7. The van der Waals surface area contributed by atoms with Gasteiger partial charge in [0.1, 0.15) is 6.61 Å². The van der Waals surface area contributed by atoms with Crippen LogP contribution in [0.15, 0.2) is 30.3 Å². The Labute approximate surface area is 142 Å². The summed E-state index contributed by atoms with van der Waals surface area (Å²) in [6.45, 7) is 2.72. The number of ether oxygens (including phenoxy) is 1. The Balaban J connectivity index is 1.29. The average Bonchev–Trinajstić information content (AvgIpc) is 3.23. The molecule has 3 N–H and O–H groups in total. The SMILES string of the molecule is O=C(NC[C@@H](O)CN1CCC2(CC1)C[C@@H]2O)OCc1ccccc1. The van der Waals surface area contributed by atoms with Crippen LogP contribution >= 0.6 is 0 Å². The molecule has 6 nitrogen and oxygen atoms in total. The van der Waals surface area contributed by atoms with E-state index in [1.807, 2.05) is 30.3 Å². The minimum Gasteiger partial charge on any atom is -0.445 e. The minimum absolute atomic E-state index is 0.120. The largest absolute Gasteiger partial charge is 0.445 e. The van der Waals surface area contributed by atoms with E-state index in [1.165, 1.54) is 0 Å². The summed E-state index contributed by atoms with van der Waals surface area (Å²) in [6, 6.07) is 9.48. The number of aliphatic hydroxyl groups is 2. The zero-order chi connectivity index (χ0) is 17.0. The van der Waals surface area contributed by atoms with Gasteiger partial charge in [-0.3, -0.25) is 0 Å². The van der Waals surface area contributed by atoms with Crippen LogP contribution in [0.1, 0.15) is 24.8 Å². The number of amides is 1. The van der Waals surface area contributed by atoms with Crippen LogP contribution in [0, 0.1) is 5.41 Å². The molecule has 1 aromatic rings. The third kappa shape index (κ3) is 4.47. The molecule has 0 unspecified atom stereocenters. The van der Waals surface area contributed by atoms with E-state index in [0.717, 1.165) is 37.9 Å². The number of hydrogen-bond acceptors (Lipinski definition) is 5. The molecular weight excluding hydrogens is 308 g/mol. The van der Waals surface area contributed by atoms with Crippen molar-refractivity contribution in [3.05, 3.63) is 35.9 Å². The lowest BCUT2D eigenvalue weighted by Gasteiger charge is -2.33. The summed E-state index contributed by atoms with van der Waals surface area (Å²) in [5, 5.41) is 22.3. The van der Waals surface area contributed by atoms with Gasteiger partial charge in [-0.15, -0.1) is 0 Å². The normalized spacial score (nSPS) is 23.7. The molecule has 2 atom stereocenters. The lowest BCUT2D eigenvalue weighted by molar-refractivity contribution is 0.0704. The predicted molar refractivity (Wildman–Crippen MR) is 89.4 cm³/mol. The van der Waals surface area contributed by atoms with Crippen molar-refractivity contribution in [2.45, 2.75) is 38.1 Å². The zero-order valence-corrected chi connectivity index (χ0v) is 13.9. The van der Waals surface area contributed by atoms with E-state index < -0.39 is 12.2 Å². The van der Waals surface area contributed by atoms with E-state index in [9.17, 15) is 15.0 Å². The van der Waals surface area contributed by atoms with Crippen molar-refractivity contribution in [3.8, 4) is 0 Å². The van der Waals surface area contributed by atoms with E-state index in [1.54, 1.807) is 0 Å². The summed E-state index contributed by atoms with van der Waals surface area (Å²) in [5.41, 5.74) is 1.10. The zero-order valence-electron chi connectivity index (χ0n) is 13.9. The first-order valence-corrected chi connectivity index (χ1v) is 8.60. The van der Waals surface area contributed by atoms with Crippen LogP contribution < -0.4 is 5.32 Å². The fourth-order valence-corrected chi connectivity index (χ4v) is 3.38. The number of aliphatic hydroxyl groups excluding tert-OH is 2. The van der Waals surface area contributed by atoms with Crippen LogP contribution in [0.2, 0.25) is 0 Å². The van der Waals surface area contributed by atoms with Gasteiger partial charge in [0.2, 0.25) is 0 Å². The topological polar surface area (TPSA) is 82.0 Å². The molecule has 1 aliphatic carbocycles.